The van der Waals surface area contributed by atoms with Crippen molar-refractivity contribution in [3.63, 3.8) is 0 Å². The van der Waals surface area contributed by atoms with Gasteiger partial charge >= 0.3 is 0 Å². The van der Waals surface area contributed by atoms with Gasteiger partial charge in [0, 0.05) is 5.02 Å². The lowest BCUT2D eigenvalue weighted by Gasteiger charge is -2.30. The Balaban J connectivity index is 2.74. The summed E-state index contributed by atoms with van der Waals surface area (Å²) < 4.78 is 5.86. The fourth-order valence-electron chi connectivity index (χ4n) is 0.924. The molecule has 0 aromatic heterocycles. The highest BCUT2D eigenvalue weighted by Crippen LogP contribution is 2.25. The normalized spacial score (nSPS) is 11.9. The van der Waals surface area contributed by atoms with Crippen molar-refractivity contribution in [2.45, 2.75) is 33.3 Å². The summed E-state index contributed by atoms with van der Waals surface area (Å²) in [6.07, 6.45) is 0. The summed E-state index contributed by atoms with van der Waals surface area (Å²) in [5.74, 6) is 1.34. The van der Waals surface area contributed by atoms with Gasteiger partial charge in [-0.25, -0.2) is 0 Å². The molecule has 1 aromatic carbocycles. The van der Waals surface area contributed by atoms with E-state index in [1.54, 1.807) is 0 Å². The molecule has 1 nitrogen and oxygen atoms in total. The number of halogens is 1. The van der Waals surface area contributed by atoms with Crippen molar-refractivity contribution in [1.29, 1.82) is 0 Å². The summed E-state index contributed by atoms with van der Waals surface area (Å²) in [6, 6.07) is 7.47. The fourth-order valence-corrected chi connectivity index (χ4v) is 1.05. The first-order chi connectivity index (χ1) is 6.42. The van der Waals surface area contributed by atoms with E-state index in [0.29, 0.717) is 5.92 Å². The van der Waals surface area contributed by atoms with Gasteiger partial charge in [-0.1, -0.05) is 25.4 Å². The van der Waals surface area contributed by atoms with Crippen molar-refractivity contribution in [2.24, 2.45) is 5.92 Å². The quantitative estimate of drug-likeness (QED) is 0.732. The number of benzene rings is 1. The molecule has 0 heterocycles. The van der Waals surface area contributed by atoms with E-state index in [1.807, 2.05) is 24.3 Å². The highest BCUT2D eigenvalue weighted by Gasteiger charge is 2.24. The molecular weight excluding hydrogens is 196 g/mol. The average molecular weight is 213 g/mol. The van der Waals surface area contributed by atoms with Gasteiger partial charge in [0.05, 0.1) is 0 Å². The molecule has 2 heteroatoms. The highest BCUT2D eigenvalue weighted by molar-refractivity contribution is 6.30. The zero-order chi connectivity index (χ0) is 10.8. The van der Waals surface area contributed by atoms with Crippen LogP contribution in [-0.2, 0) is 0 Å². The van der Waals surface area contributed by atoms with E-state index in [4.69, 9.17) is 16.3 Å². The summed E-state index contributed by atoms with van der Waals surface area (Å²) in [7, 11) is 0. The van der Waals surface area contributed by atoms with Gasteiger partial charge in [0.15, 0.2) is 0 Å². The summed E-state index contributed by atoms with van der Waals surface area (Å²) in [4.78, 5) is 0. The maximum absolute atomic E-state index is 5.86. The molecule has 1 rings (SSSR count). The minimum atomic E-state index is -0.145. The van der Waals surface area contributed by atoms with Crippen molar-refractivity contribution >= 4 is 11.6 Å². The van der Waals surface area contributed by atoms with Gasteiger partial charge in [0.2, 0.25) is 0 Å². The minimum absolute atomic E-state index is 0.145. The van der Waals surface area contributed by atoms with Crippen LogP contribution in [0, 0.1) is 5.92 Å². The number of hydrogen-bond donors (Lipinski definition) is 0. The zero-order valence-electron chi connectivity index (χ0n) is 9.17. The van der Waals surface area contributed by atoms with E-state index < -0.39 is 0 Å². The molecule has 0 fully saturated rings. The SMILES string of the molecule is CC(C)C(C)(C)Oc1ccc(Cl)cc1. The van der Waals surface area contributed by atoms with Crippen molar-refractivity contribution in [3.05, 3.63) is 29.3 Å². The second kappa shape index (κ2) is 4.22. The Morgan fingerprint density at radius 3 is 2.07 bits per heavy atom. The Labute approximate surface area is 91.0 Å². The van der Waals surface area contributed by atoms with Gasteiger partial charge in [0.1, 0.15) is 11.4 Å². The molecule has 0 radical (unpaired) electrons. The van der Waals surface area contributed by atoms with Crippen LogP contribution in [0.15, 0.2) is 24.3 Å². The third-order valence-corrected chi connectivity index (χ3v) is 2.84. The van der Waals surface area contributed by atoms with Crippen LogP contribution in [0.4, 0.5) is 0 Å². The van der Waals surface area contributed by atoms with Crippen molar-refractivity contribution in [1.82, 2.24) is 0 Å². The molecular formula is C12H17ClO. The van der Waals surface area contributed by atoms with Gasteiger partial charge in [-0.2, -0.15) is 0 Å². The van der Waals surface area contributed by atoms with Gasteiger partial charge in [-0.15, -0.1) is 0 Å². The molecule has 78 valence electrons. The standard InChI is InChI=1S/C12H17ClO/c1-9(2)12(3,4)14-11-7-5-10(13)6-8-11/h5-9H,1-4H3. The molecule has 0 bridgehead atoms. The van der Waals surface area contributed by atoms with Crippen LogP contribution in [0.25, 0.3) is 0 Å². The predicted molar refractivity (Wildman–Crippen MR) is 61.0 cm³/mol. The van der Waals surface area contributed by atoms with E-state index in [2.05, 4.69) is 27.7 Å². The van der Waals surface area contributed by atoms with Gasteiger partial charge in [-0.3, -0.25) is 0 Å². The molecule has 0 spiro atoms. The van der Waals surface area contributed by atoms with Crippen LogP contribution in [-0.4, -0.2) is 5.60 Å². The Bertz CT molecular complexity index is 288. The third kappa shape index (κ3) is 2.91. The zero-order valence-corrected chi connectivity index (χ0v) is 9.93. The third-order valence-electron chi connectivity index (χ3n) is 2.58. The second-order valence-corrected chi connectivity index (χ2v) is 4.75. The molecule has 0 saturated heterocycles. The second-order valence-electron chi connectivity index (χ2n) is 4.31. The first kappa shape index (κ1) is 11.4. The Morgan fingerprint density at radius 1 is 1.14 bits per heavy atom. The first-order valence-corrected chi connectivity index (χ1v) is 5.24. The Morgan fingerprint density at radius 2 is 1.64 bits per heavy atom. The molecule has 0 atom stereocenters. The summed E-state index contributed by atoms with van der Waals surface area (Å²) in [5.41, 5.74) is -0.145. The summed E-state index contributed by atoms with van der Waals surface area (Å²) in [6.45, 7) is 8.48. The van der Waals surface area contributed by atoms with Crippen molar-refractivity contribution in [3.8, 4) is 5.75 Å². The van der Waals surface area contributed by atoms with Gasteiger partial charge in [0.25, 0.3) is 0 Å². The molecule has 0 N–H and O–H groups in total. The topological polar surface area (TPSA) is 9.23 Å². The molecule has 14 heavy (non-hydrogen) atoms. The van der Waals surface area contributed by atoms with Crippen LogP contribution in [0.3, 0.4) is 0 Å². The van der Waals surface area contributed by atoms with Crippen LogP contribution in [0.5, 0.6) is 5.75 Å². The molecule has 0 unspecified atom stereocenters. The lowest BCUT2D eigenvalue weighted by atomic mass is 9.94. The van der Waals surface area contributed by atoms with Gasteiger partial charge in [-0.05, 0) is 44.0 Å². The number of rotatable bonds is 3. The van der Waals surface area contributed by atoms with Gasteiger partial charge < -0.3 is 4.74 Å². The van der Waals surface area contributed by atoms with Crippen molar-refractivity contribution in [2.75, 3.05) is 0 Å². The van der Waals surface area contributed by atoms with E-state index in [1.165, 1.54) is 0 Å². The van der Waals surface area contributed by atoms with E-state index >= 15 is 0 Å². The lowest BCUT2D eigenvalue weighted by Crippen LogP contribution is -2.34. The molecule has 0 aliphatic carbocycles. The molecule has 0 aliphatic rings. The maximum Gasteiger partial charge on any atom is 0.120 e. The van der Waals surface area contributed by atoms with Crippen LogP contribution in [0.2, 0.25) is 5.02 Å². The first-order valence-electron chi connectivity index (χ1n) is 4.86. The fraction of sp³-hybridized carbons (Fsp3) is 0.500. The molecule has 1 aromatic rings. The summed E-state index contributed by atoms with van der Waals surface area (Å²) >= 11 is 5.79. The maximum atomic E-state index is 5.86. The minimum Gasteiger partial charge on any atom is -0.488 e. The summed E-state index contributed by atoms with van der Waals surface area (Å²) in [5, 5.41) is 0.736. The van der Waals surface area contributed by atoms with E-state index in [9.17, 15) is 0 Å². The van der Waals surface area contributed by atoms with E-state index in [0.717, 1.165) is 10.8 Å². The molecule has 0 saturated carbocycles. The Hall–Kier alpha value is -0.690. The smallest absolute Gasteiger partial charge is 0.120 e. The molecule has 0 aliphatic heterocycles. The van der Waals surface area contributed by atoms with E-state index in [-0.39, 0.29) is 5.60 Å². The molecule has 0 amide bonds. The number of ether oxygens (including phenoxy) is 1. The predicted octanol–water partition coefficient (Wildman–Crippen LogP) is 4.15. The monoisotopic (exact) mass is 212 g/mol. The lowest BCUT2D eigenvalue weighted by molar-refractivity contribution is 0.0600. The van der Waals surface area contributed by atoms with Crippen LogP contribution >= 0.6 is 11.6 Å². The van der Waals surface area contributed by atoms with Crippen LogP contribution in [0.1, 0.15) is 27.7 Å². The van der Waals surface area contributed by atoms with Crippen LogP contribution < -0.4 is 4.74 Å². The Kier molecular flexibility index (Phi) is 3.43. The number of hydrogen-bond acceptors (Lipinski definition) is 1. The van der Waals surface area contributed by atoms with Crippen molar-refractivity contribution < 1.29 is 4.74 Å². The average Bonchev–Trinajstić information content (AvgIpc) is 2.08. The largest absolute Gasteiger partial charge is 0.488 e. The highest BCUT2D eigenvalue weighted by atomic mass is 35.5.